The lowest BCUT2D eigenvalue weighted by atomic mass is 10.3. The molecular weight excluding hydrogens is 302 g/mol. The summed E-state index contributed by atoms with van der Waals surface area (Å²) >= 11 is 6.00. The zero-order valence-corrected chi connectivity index (χ0v) is 12.8. The molecule has 0 amide bonds. The van der Waals surface area contributed by atoms with Crippen LogP contribution in [0.4, 0.5) is 17.3 Å². The van der Waals surface area contributed by atoms with Gasteiger partial charge in [-0.3, -0.25) is 5.10 Å². The number of hydrogen-bond donors (Lipinski definition) is 2. The molecule has 0 saturated heterocycles. The molecule has 0 unspecified atom stereocenters. The number of hydrogen-bond acceptors (Lipinski definition) is 5. The van der Waals surface area contributed by atoms with Crippen molar-refractivity contribution >= 4 is 46.3 Å². The monoisotopic (exact) mass is 315 g/mol. The number of nitrogens with one attached hydrogen (secondary N) is 2. The number of aromatic nitrogens is 4. The number of halogens is 1. The highest BCUT2D eigenvalue weighted by molar-refractivity contribution is 6.30. The maximum Gasteiger partial charge on any atom is 0.188 e. The lowest BCUT2D eigenvalue weighted by molar-refractivity contribution is 0.643. The third-order valence-corrected chi connectivity index (χ3v) is 3.07. The number of aliphatic imine (C=N–C) groups is 1. The van der Waals surface area contributed by atoms with Crippen LogP contribution in [0.2, 0.25) is 5.02 Å². The van der Waals surface area contributed by atoms with Gasteiger partial charge in [-0.1, -0.05) is 17.7 Å². The highest BCUT2D eigenvalue weighted by Gasteiger charge is 2.12. The van der Waals surface area contributed by atoms with Gasteiger partial charge in [0.2, 0.25) is 0 Å². The molecule has 0 spiro atoms. The van der Waals surface area contributed by atoms with Crippen LogP contribution in [0.5, 0.6) is 0 Å². The molecule has 0 radical (unpaired) electrons. The highest BCUT2D eigenvalue weighted by atomic mass is 35.5. The molecule has 0 bridgehead atoms. The second-order valence-corrected chi connectivity index (χ2v) is 5.27. The van der Waals surface area contributed by atoms with E-state index < -0.39 is 0 Å². The molecule has 2 N–H and O–H groups in total. The van der Waals surface area contributed by atoms with E-state index in [1.54, 1.807) is 6.34 Å². The number of aromatic amines is 1. The lowest BCUT2D eigenvalue weighted by Gasteiger charge is -2.07. The van der Waals surface area contributed by atoms with Gasteiger partial charge in [-0.05, 0) is 18.2 Å². The van der Waals surface area contributed by atoms with Crippen molar-refractivity contribution in [1.29, 1.82) is 0 Å². The molecular formula is C14H14ClN7. The minimum Gasteiger partial charge on any atom is -0.369 e. The van der Waals surface area contributed by atoms with Crippen molar-refractivity contribution < 1.29 is 0 Å². The summed E-state index contributed by atoms with van der Waals surface area (Å²) in [5.41, 5.74) is 1.45. The van der Waals surface area contributed by atoms with Crippen LogP contribution in [-0.2, 0) is 0 Å². The summed E-state index contributed by atoms with van der Waals surface area (Å²) in [4.78, 5) is 14.6. The molecule has 0 aliphatic rings. The summed E-state index contributed by atoms with van der Waals surface area (Å²) in [6.45, 7) is 0. The summed E-state index contributed by atoms with van der Waals surface area (Å²) in [6, 6.07) is 7.40. The maximum atomic E-state index is 6.00. The summed E-state index contributed by atoms with van der Waals surface area (Å²) in [5.74, 6) is 1.14. The van der Waals surface area contributed by atoms with Crippen LogP contribution in [0.15, 0.2) is 35.6 Å². The predicted molar refractivity (Wildman–Crippen MR) is 88.3 cm³/mol. The first-order valence-electron chi connectivity index (χ1n) is 6.56. The first-order valence-corrected chi connectivity index (χ1v) is 6.93. The minimum atomic E-state index is 0.522. The molecule has 22 heavy (non-hydrogen) atoms. The molecule has 0 fully saturated rings. The molecule has 2 heterocycles. The number of anilines is 2. The Labute approximate surface area is 132 Å². The average molecular weight is 316 g/mol. The van der Waals surface area contributed by atoms with Crippen LogP contribution in [0.25, 0.3) is 11.0 Å². The molecule has 0 aliphatic carbocycles. The second-order valence-electron chi connectivity index (χ2n) is 4.84. The quantitative estimate of drug-likeness (QED) is 0.571. The van der Waals surface area contributed by atoms with Crippen molar-refractivity contribution in [3.8, 4) is 0 Å². The molecule has 1 aromatic carbocycles. The molecule has 3 rings (SSSR count). The fourth-order valence-corrected chi connectivity index (χ4v) is 2.10. The van der Waals surface area contributed by atoms with Gasteiger partial charge >= 0.3 is 0 Å². The Hall–Kier alpha value is -2.67. The number of H-pyrrole nitrogens is 1. The van der Waals surface area contributed by atoms with E-state index in [0.717, 1.165) is 11.1 Å². The Morgan fingerprint density at radius 1 is 1.32 bits per heavy atom. The molecule has 112 valence electrons. The molecule has 3 aromatic rings. The second kappa shape index (κ2) is 5.98. The topological polar surface area (TPSA) is 82.1 Å². The summed E-state index contributed by atoms with van der Waals surface area (Å²) in [6.07, 6.45) is 3.14. The zero-order valence-electron chi connectivity index (χ0n) is 12.1. The van der Waals surface area contributed by atoms with Crippen LogP contribution in [0, 0.1) is 0 Å². The van der Waals surface area contributed by atoms with Crippen molar-refractivity contribution in [3.63, 3.8) is 0 Å². The van der Waals surface area contributed by atoms with Crippen molar-refractivity contribution in [2.24, 2.45) is 4.99 Å². The fourth-order valence-electron chi connectivity index (χ4n) is 1.91. The van der Waals surface area contributed by atoms with E-state index in [9.17, 15) is 0 Å². The van der Waals surface area contributed by atoms with Gasteiger partial charge in [-0.15, -0.1) is 0 Å². The van der Waals surface area contributed by atoms with Gasteiger partial charge in [-0.2, -0.15) is 5.10 Å². The summed E-state index contributed by atoms with van der Waals surface area (Å²) < 4.78 is 0. The standard InChI is InChI=1S/C14H14ClN7/c1-22(2)8-18-14-11-12(16-7-17-13(11)20-21-14)19-10-5-3-4-9(15)6-10/h3-8H,1-2H3,(H2,16,17,19,20,21)/b18-8+. The third-order valence-electron chi connectivity index (χ3n) is 2.84. The van der Waals surface area contributed by atoms with Gasteiger partial charge in [0.05, 0.1) is 6.34 Å². The normalized spacial score (nSPS) is 11.2. The van der Waals surface area contributed by atoms with Crippen molar-refractivity contribution in [2.45, 2.75) is 0 Å². The molecule has 0 saturated carbocycles. The van der Waals surface area contributed by atoms with E-state index in [0.29, 0.717) is 22.3 Å². The fraction of sp³-hybridized carbons (Fsp3) is 0.143. The van der Waals surface area contributed by atoms with Crippen LogP contribution >= 0.6 is 11.6 Å². The molecule has 0 atom stereocenters. The van der Waals surface area contributed by atoms with E-state index in [4.69, 9.17) is 11.6 Å². The van der Waals surface area contributed by atoms with E-state index >= 15 is 0 Å². The minimum absolute atomic E-state index is 0.522. The van der Waals surface area contributed by atoms with Crippen molar-refractivity contribution in [1.82, 2.24) is 25.1 Å². The largest absolute Gasteiger partial charge is 0.369 e. The number of benzene rings is 1. The predicted octanol–water partition coefficient (Wildman–Crippen LogP) is 2.97. The van der Waals surface area contributed by atoms with Gasteiger partial charge in [-0.25, -0.2) is 15.0 Å². The maximum absolute atomic E-state index is 6.00. The Morgan fingerprint density at radius 2 is 2.18 bits per heavy atom. The van der Waals surface area contributed by atoms with Gasteiger partial charge in [0.25, 0.3) is 0 Å². The molecule has 2 aromatic heterocycles. The Bertz CT molecular complexity index is 825. The molecule has 8 heteroatoms. The number of rotatable bonds is 4. The van der Waals surface area contributed by atoms with E-state index in [1.165, 1.54) is 6.33 Å². The zero-order chi connectivity index (χ0) is 15.5. The van der Waals surface area contributed by atoms with Gasteiger partial charge in [0.1, 0.15) is 17.5 Å². The number of fused-ring (bicyclic) bond motifs is 1. The first-order chi connectivity index (χ1) is 10.6. The van der Waals surface area contributed by atoms with Crippen LogP contribution in [0.3, 0.4) is 0 Å². The van der Waals surface area contributed by atoms with E-state index in [-0.39, 0.29) is 0 Å². The average Bonchev–Trinajstić information content (AvgIpc) is 2.89. The van der Waals surface area contributed by atoms with Crippen LogP contribution in [-0.4, -0.2) is 45.5 Å². The van der Waals surface area contributed by atoms with Gasteiger partial charge < -0.3 is 10.2 Å². The van der Waals surface area contributed by atoms with Gasteiger partial charge in [0, 0.05) is 24.8 Å². The van der Waals surface area contributed by atoms with E-state index in [2.05, 4.69) is 30.5 Å². The lowest BCUT2D eigenvalue weighted by Crippen LogP contribution is -2.07. The van der Waals surface area contributed by atoms with Crippen LogP contribution in [0.1, 0.15) is 0 Å². The highest BCUT2D eigenvalue weighted by Crippen LogP contribution is 2.29. The van der Waals surface area contributed by atoms with E-state index in [1.807, 2.05) is 43.3 Å². The molecule has 7 nitrogen and oxygen atoms in total. The first kappa shape index (κ1) is 14.3. The Kier molecular flexibility index (Phi) is 3.88. The Balaban J connectivity index is 2.03. The Morgan fingerprint density at radius 3 is 2.95 bits per heavy atom. The summed E-state index contributed by atoms with van der Waals surface area (Å²) in [7, 11) is 3.78. The number of nitrogens with zero attached hydrogens (tertiary/aromatic N) is 5. The van der Waals surface area contributed by atoms with Gasteiger partial charge in [0.15, 0.2) is 11.5 Å². The summed E-state index contributed by atoms with van der Waals surface area (Å²) in [5, 5.41) is 11.6. The molecule has 0 aliphatic heterocycles. The van der Waals surface area contributed by atoms with Crippen LogP contribution < -0.4 is 5.32 Å². The SMILES string of the molecule is CN(C)/C=N/c1n[nH]c2ncnc(Nc3cccc(Cl)c3)c12. The third kappa shape index (κ3) is 2.99. The van der Waals surface area contributed by atoms with Crippen molar-refractivity contribution in [2.75, 3.05) is 19.4 Å². The van der Waals surface area contributed by atoms with Crippen molar-refractivity contribution in [3.05, 3.63) is 35.6 Å². The smallest absolute Gasteiger partial charge is 0.188 e.